The quantitative estimate of drug-likeness (QED) is 0.819. The number of carbonyl (C=O) groups excluding carboxylic acids is 1. The molecule has 1 saturated heterocycles. The number of aromatic amines is 1. The zero-order valence-electron chi connectivity index (χ0n) is 16.4. The molecule has 1 aliphatic carbocycles. The molecule has 0 bridgehead atoms. The van der Waals surface area contributed by atoms with Crippen LogP contribution < -0.4 is 0 Å². The number of aliphatic hydroxyl groups is 1. The molecule has 0 spiro atoms. The van der Waals surface area contributed by atoms with Crippen molar-refractivity contribution < 1.29 is 9.90 Å². The molecule has 1 amide bonds. The van der Waals surface area contributed by atoms with E-state index in [-0.39, 0.29) is 5.91 Å². The van der Waals surface area contributed by atoms with Gasteiger partial charge in [-0.1, -0.05) is 18.6 Å². The van der Waals surface area contributed by atoms with Crippen LogP contribution in [0.3, 0.4) is 0 Å². The number of aromatic nitrogens is 2. The Morgan fingerprint density at radius 1 is 1.37 bits per heavy atom. The molecular formula is C21H30N4O2. The fraction of sp³-hybridized carbons (Fsp3) is 0.619. The zero-order valence-corrected chi connectivity index (χ0v) is 16.4. The van der Waals surface area contributed by atoms with E-state index < -0.39 is 5.60 Å². The largest absolute Gasteiger partial charge is 0.379 e. The first-order valence-corrected chi connectivity index (χ1v) is 10.1. The topological polar surface area (TPSA) is 72.5 Å². The van der Waals surface area contributed by atoms with Gasteiger partial charge in [0, 0.05) is 19.6 Å². The number of carbonyl (C=O) groups is 1. The highest BCUT2D eigenvalue weighted by Gasteiger charge is 2.43. The van der Waals surface area contributed by atoms with E-state index in [0.717, 1.165) is 41.9 Å². The van der Waals surface area contributed by atoms with Gasteiger partial charge < -0.3 is 15.0 Å². The molecule has 4 rings (SSSR count). The van der Waals surface area contributed by atoms with Crippen molar-refractivity contribution in [2.24, 2.45) is 5.92 Å². The van der Waals surface area contributed by atoms with Crippen molar-refractivity contribution in [2.45, 2.75) is 51.2 Å². The number of imidazole rings is 1. The van der Waals surface area contributed by atoms with Crippen molar-refractivity contribution in [3.63, 3.8) is 0 Å². The van der Waals surface area contributed by atoms with Crippen molar-refractivity contribution >= 4 is 16.9 Å². The summed E-state index contributed by atoms with van der Waals surface area (Å²) >= 11 is 0. The van der Waals surface area contributed by atoms with E-state index in [1.165, 1.54) is 19.3 Å². The number of aryl methyl sites for hydroxylation is 1. The molecule has 1 saturated carbocycles. The predicted molar refractivity (Wildman–Crippen MR) is 105 cm³/mol. The van der Waals surface area contributed by atoms with Crippen LogP contribution in [0.2, 0.25) is 0 Å². The summed E-state index contributed by atoms with van der Waals surface area (Å²) in [5, 5.41) is 11.1. The van der Waals surface area contributed by atoms with Gasteiger partial charge in [-0.3, -0.25) is 9.69 Å². The molecule has 2 aromatic rings. The number of likely N-dealkylation sites (tertiary alicyclic amines) is 1. The molecule has 0 radical (unpaired) electrons. The van der Waals surface area contributed by atoms with Crippen LogP contribution in [0.15, 0.2) is 18.2 Å². The fourth-order valence-electron chi connectivity index (χ4n) is 4.43. The van der Waals surface area contributed by atoms with Gasteiger partial charge in [0.2, 0.25) is 0 Å². The van der Waals surface area contributed by atoms with E-state index in [4.69, 9.17) is 0 Å². The number of H-pyrrole nitrogens is 1. The Balaban J connectivity index is 1.41. The number of hydrogen-bond donors (Lipinski definition) is 2. The Kier molecular flexibility index (Phi) is 4.95. The van der Waals surface area contributed by atoms with E-state index in [1.807, 2.05) is 29.0 Å². The molecule has 2 N–H and O–H groups in total. The van der Waals surface area contributed by atoms with Crippen LogP contribution in [0.1, 0.15) is 43.5 Å². The number of fused-ring (bicyclic) bond motifs is 1. The highest BCUT2D eigenvalue weighted by molar-refractivity contribution is 5.86. The molecule has 1 aromatic heterocycles. The van der Waals surface area contributed by atoms with Crippen molar-refractivity contribution in [2.75, 3.05) is 26.7 Å². The minimum atomic E-state index is -1.28. The molecule has 1 unspecified atom stereocenters. The minimum absolute atomic E-state index is 0.0899. The van der Waals surface area contributed by atoms with Crippen molar-refractivity contribution in [3.05, 3.63) is 29.6 Å². The molecule has 1 atom stereocenters. The van der Waals surface area contributed by atoms with Gasteiger partial charge in [-0.15, -0.1) is 0 Å². The molecule has 2 heterocycles. The first-order chi connectivity index (χ1) is 12.9. The highest BCUT2D eigenvalue weighted by atomic mass is 16.3. The number of amides is 1. The predicted octanol–water partition coefficient (Wildman–Crippen LogP) is 2.46. The minimum Gasteiger partial charge on any atom is -0.379 e. The lowest BCUT2D eigenvalue weighted by Crippen LogP contribution is -2.59. The summed E-state index contributed by atoms with van der Waals surface area (Å²) in [7, 11) is 1.94. The van der Waals surface area contributed by atoms with Crippen LogP contribution in [-0.4, -0.2) is 63.1 Å². The number of piperidine rings is 1. The van der Waals surface area contributed by atoms with Crippen LogP contribution in [0.4, 0.5) is 0 Å². The van der Waals surface area contributed by atoms with E-state index in [0.29, 0.717) is 25.4 Å². The van der Waals surface area contributed by atoms with Crippen LogP contribution in [0, 0.1) is 12.8 Å². The van der Waals surface area contributed by atoms with E-state index in [2.05, 4.69) is 23.0 Å². The highest BCUT2D eigenvalue weighted by Crippen LogP contribution is 2.31. The lowest BCUT2D eigenvalue weighted by atomic mass is 9.83. The number of nitrogens with one attached hydrogen (secondary N) is 1. The Labute approximate surface area is 160 Å². The lowest BCUT2D eigenvalue weighted by molar-refractivity contribution is -0.160. The molecule has 1 aliphatic heterocycles. The third-order valence-electron chi connectivity index (χ3n) is 6.12. The molecule has 146 valence electrons. The van der Waals surface area contributed by atoms with Crippen molar-refractivity contribution in [1.29, 1.82) is 0 Å². The van der Waals surface area contributed by atoms with Gasteiger partial charge in [0.25, 0.3) is 5.91 Å². The molecule has 2 aliphatic rings. The van der Waals surface area contributed by atoms with Gasteiger partial charge in [-0.2, -0.15) is 0 Å². The SMILES string of the molecule is Cc1cccc2[nH]c(CN(C)CC3(O)CCCN(CC4CCC4)C3=O)nc12. The van der Waals surface area contributed by atoms with Gasteiger partial charge in [0.05, 0.1) is 17.6 Å². The summed E-state index contributed by atoms with van der Waals surface area (Å²) in [6.07, 6.45) is 5.11. The zero-order chi connectivity index (χ0) is 19.0. The second-order valence-electron chi connectivity index (χ2n) is 8.51. The van der Waals surface area contributed by atoms with Gasteiger partial charge >= 0.3 is 0 Å². The van der Waals surface area contributed by atoms with Gasteiger partial charge in [-0.05, 0) is 57.2 Å². The summed E-state index contributed by atoms with van der Waals surface area (Å²) in [5.41, 5.74) is 1.88. The first kappa shape index (κ1) is 18.4. The fourth-order valence-corrected chi connectivity index (χ4v) is 4.43. The molecular weight excluding hydrogens is 340 g/mol. The number of hydrogen-bond acceptors (Lipinski definition) is 4. The molecule has 2 fully saturated rings. The molecule has 1 aromatic carbocycles. The Bertz CT molecular complexity index is 829. The molecule has 6 nitrogen and oxygen atoms in total. The number of benzene rings is 1. The number of para-hydroxylation sites is 1. The second-order valence-corrected chi connectivity index (χ2v) is 8.51. The summed E-state index contributed by atoms with van der Waals surface area (Å²) < 4.78 is 0. The maximum atomic E-state index is 12.9. The maximum Gasteiger partial charge on any atom is 0.255 e. The third-order valence-corrected chi connectivity index (χ3v) is 6.12. The smallest absolute Gasteiger partial charge is 0.255 e. The average molecular weight is 370 g/mol. The summed E-state index contributed by atoms with van der Waals surface area (Å²) in [6.45, 7) is 4.56. The van der Waals surface area contributed by atoms with E-state index in [1.54, 1.807) is 0 Å². The monoisotopic (exact) mass is 370 g/mol. The maximum absolute atomic E-state index is 12.9. The first-order valence-electron chi connectivity index (χ1n) is 10.1. The van der Waals surface area contributed by atoms with Crippen LogP contribution >= 0.6 is 0 Å². The Hall–Kier alpha value is -1.92. The average Bonchev–Trinajstić information content (AvgIpc) is 2.98. The van der Waals surface area contributed by atoms with Crippen molar-refractivity contribution in [3.8, 4) is 0 Å². The lowest BCUT2D eigenvalue weighted by Gasteiger charge is -2.42. The molecule has 6 heteroatoms. The summed E-state index contributed by atoms with van der Waals surface area (Å²) in [6, 6.07) is 6.09. The van der Waals surface area contributed by atoms with Gasteiger partial charge in [-0.25, -0.2) is 4.98 Å². The third kappa shape index (κ3) is 3.73. The van der Waals surface area contributed by atoms with Crippen LogP contribution in [0.25, 0.3) is 11.0 Å². The van der Waals surface area contributed by atoms with Crippen LogP contribution in [-0.2, 0) is 11.3 Å². The number of likely N-dealkylation sites (N-methyl/N-ethyl adjacent to an activating group) is 1. The van der Waals surface area contributed by atoms with Gasteiger partial charge in [0.1, 0.15) is 5.82 Å². The molecule has 27 heavy (non-hydrogen) atoms. The second kappa shape index (κ2) is 7.24. The summed E-state index contributed by atoms with van der Waals surface area (Å²) in [4.78, 5) is 24.8. The normalized spacial score (nSPS) is 24.0. The Morgan fingerprint density at radius 2 is 2.19 bits per heavy atom. The Morgan fingerprint density at radius 3 is 2.89 bits per heavy atom. The van der Waals surface area contributed by atoms with E-state index in [9.17, 15) is 9.90 Å². The van der Waals surface area contributed by atoms with Gasteiger partial charge in [0.15, 0.2) is 5.60 Å². The van der Waals surface area contributed by atoms with E-state index >= 15 is 0 Å². The standard InChI is InChI=1S/C21H30N4O2/c1-15-6-3-9-17-19(15)23-18(22-17)13-24(2)14-21(27)10-5-11-25(20(21)26)12-16-7-4-8-16/h3,6,9,16,27H,4-5,7-8,10-14H2,1-2H3,(H,22,23). The number of rotatable bonds is 6. The summed E-state index contributed by atoms with van der Waals surface area (Å²) in [5.74, 6) is 1.40. The van der Waals surface area contributed by atoms with Crippen molar-refractivity contribution in [1.82, 2.24) is 19.8 Å². The van der Waals surface area contributed by atoms with Crippen LogP contribution in [0.5, 0.6) is 0 Å². The number of nitrogens with zero attached hydrogens (tertiary/aromatic N) is 3.